The van der Waals surface area contributed by atoms with E-state index >= 15 is 0 Å². The molecule has 1 aromatic carbocycles. The van der Waals surface area contributed by atoms with Gasteiger partial charge in [0.25, 0.3) is 0 Å². The van der Waals surface area contributed by atoms with Crippen LogP contribution in [-0.4, -0.2) is 26.8 Å². The van der Waals surface area contributed by atoms with Gasteiger partial charge in [-0.2, -0.15) is 17.9 Å². The molecule has 114 valence electrons. The van der Waals surface area contributed by atoms with Gasteiger partial charge in [0.15, 0.2) is 5.82 Å². The van der Waals surface area contributed by atoms with Crippen LogP contribution in [0.15, 0.2) is 22.7 Å². The third-order valence-corrected chi connectivity index (χ3v) is 3.38. The summed E-state index contributed by atoms with van der Waals surface area (Å²) in [6.07, 6.45) is -4.50. The van der Waals surface area contributed by atoms with Crippen molar-refractivity contribution in [3.63, 3.8) is 0 Å². The number of halogens is 4. The van der Waals surface area contributed by atoms with E-state index in [0.29, 0.717) is 16.8 Å². The first-order valence-corrected chi connectivity index (χ1v) is 7.02. The number of hydrogen-bond donors (Lipinski definition) is 1. The summed E-state index contributed by atoms with van der Waals surface area (Å²) >= 11 is 3.05. The second-order valence-corrected chi connectivity index (χ2v) is 5.30. The molecule has 0 fully saturated rings. The highest BCUT2D eigenvalue weighted by atomic mass is 79.9. The molecule has 1 heterocycles. The quantitative estimate of drug-likeness (QED) is 0.906. The van der Waals surface area contributed by atoms with Crippen molar-refractivity contribution in [2.75, 3.05) is 6.54 Å². The predicted molar refractivity (Wildman–Crippen MR) is 73.9 cm³/mol. The fourth-order valence-corrected chi connectivity index (χ4v) is 2.31. The first kappa shape index (κ1) is 15.9. The van der Waals surface area contributed by atoms with E-state index in [1.165, 1.54) is 12.1 Å². The Bertz CT molecular complexity index is 626. The van der Waals surface area contributed by atoms with Gasteiger partial charge >= 0.3 is 6.18 Å². The second kappa shape index (κ2) is 6.10. The van der Waals surface area contributed by atoms with Gasteiger partial charge in [0.1, 0.15) is 0 Å². The summed E-state index contributed by atoms with van der Waals surface area (Å²) in [5.74, 6) is 0.324. The lowest BCUT2D eigenvalue weighted by atomic mass is 10.1. The van der Waals surface area contributed by atoms with Gasteiger partial charge in [0.05, 0.1) is 17.3 Å². The van der Waals surface area contributed by atoms with Gasteiger partial charge < -0.3 is 5.32 Å². The molecule has 0 aliphatic carbocycles. The zero-order valence-corrected chi connectivity index (χ0v) is 12.9. The second-order valence-electron chi connectivity index (χ2n) is 4.39. The summed E-state index contributed by atoms with van der Waals surface area (Å²) < 4.78 is 41.0. The first-order chi connectivity index (χ1) is 9.84. The van der Waals surface area contributed by atoms with Crippen LogP contribution in [0.2, 0.25) is 0 Å². The van der Waals surface area contributed by atoms with Crippen molar-refractivity contribution in [2.24, 2.45) is 0 Å². The minimum absolute atomic E-state index is 0.101. The molecule has 0 bridgehead atoms. The van der Waals surface area contributed by atoms with Gasteiger partial charge in [-0.15, -0.1) is 5.10 Å². The molecule has 21 heavy (non-hydrogen) atoms. The molecule has 0 saturated heterocycles. The molecule has 0 radical (unpaired) electrons. The van der Waals surface area contributed by atoms with Crippen LogP contribution >= 0.6 is 15.9 Å². The van der Waals surface area contributed by atoms with Crippen LogP contribution in [0.3, 0.4) is 0 Å². The highest BCUT2D eigenvalue weighted by molar-refractivity contribution is 9.10. The normalized spacial score (nSPS) is 13.4. The standard InChI is InChI=1S/C12H13BrF3N5/c1-3-17-7(2)11-18-19-20-21(11)10-5-4-8(13)6-9(10)12(14,15)16/h4-7,17H,3H2,1-2H3. The van der Waals surface area contributed by atoms with Crippen LogP contribution in [0, 0.1) is 0 Å². The summed E-state index contributed by atoms with van der Waals surface area (Å²) in [6.45, 7) is 4.34. The number of benzene rings is 1. The van der Waals surface area contributed by atoms with Crippen LogP contribution in [-0.2, 0) is 6.18 Å². The molecule has 1 N–H and O–H groups in total. The molecule has 9 heteroatoms. The molecule has 5 nitrogen and oxygen atoms in total. The van der Waals surface area contributed by atoms with Crippen LogP contribution in [0.5, 0.6) is 0 Å². The summed E-state index contributed by atoms with van der Waals surface area (Å²) in [7, 11) is 0. The van der Waals surface area contributed by atoms with Crippen molar-refractivity contribution in [3.8, 4) is 5.69 Å². The third kappa shape index (κ3) is 3.41. The third-order valence-electron chi connectivity index (χ3n) is 2.88. The predicted octanol–water partition coefficient (Wildman–Crippen LogP) is 3.11. The number of rotatable bonds is 4. The number of hydrogen-bond acceptors (Lipinski definition) is 4. The minimum Gasteiger partial charge on any atom is -0.308 e. The molecule has 0 spiro atoms. The topological polar surface area (TPSA) is 55.6 Å². The van der Waals surface area contributed by atoms with Crippen LogP contribution in [0.1, 0.15) is 31.3 Å². The van der Waals surface area contributed by atoms with E-state index in [1.54, 1.807) is 6.92 Å². The van der Waals surface area contributed by atoms with Crippen LogP contribution < -0.4 is 5.32 Å². The summed E-state index contributed by atoms with van der Waals surface area (Å²) in [6, 6.07) is 3.60. The van der Waals surface area contributed by atoms with Gasteiger partial charge in [0.2, 0.25) is 0 Å². The van der Waals surface area contributed by atoms with E-state index in [0.717, 1.165) is 10.7 Å². The Labute approximate surface area is 127 Å². The molecule has 0 saturated carbocycles. The maximum absolute atomic E-state index is 13.2. The van der Waals surface area contributed by atoms with E-state index in [1.807, 2.05) is 6.92 Å². The number of nitrogens with one attached hydrogen (secondary N) is 1. The Morgan fingerprint density at radius 1 is 1.38 bits per heavy atom. The molecule has 1 aromatic heterocycles. The molecule has 1 atom stereocenters. The van der Waals surface area contributed by atoms with Gasteiger partial charge in [-0.1, -0.05) is 22.9 Å². The Hall–Kier alpha value is -1.48. The van der Waals surface area contributed by atoms with Crippen molar-refractivity contribution in [2.45, 2.75) is 26.1 Å². The zero-order chi connectivity index (χ0) is 15.6. The monoisotopic (exact) mass is 363 g/mol. The zero-order valence-electron chi connectivity index (χ0n) is 11.3. The lowest BCUT2D eigenvalue weighted by Gasteiger charge is -2.16. The molecule has 0 aliphatic heterocycles. The van der Waals surface area contributed by atoms with Gasteiger partial charge in [-0.3, -0.25) is 0 Å². The van der Waals surface area contributed by atoms with Crippen molar-refractivity contribution in [3.05, 3.63) is 34.1 Å². The number of alkyl halides is 3. The molecule has 2 rings (SSSR count). The molecule has 1 unspecified atom stereocenters. The lowest BCUT2D eigenvalue weighted by Crippen LogP contribution is -2.22. The number of tetrazole rings is 1. The van der Waals surface area contributed by atoms with Crippen LogP contribution in [0.25, 0.3) is 5.69 Å². The average molecular weight is 364 g/mol. The Kier molecular flexibility index (Phi) is 4.62. The minimum atomic E-state index is -4.50. The number of nitrogens with zero attached hydrogens (tertiary/aromatic N) is 4. The fraction of sp³-hybridized carbons (Fsp3) is 0.417. The van der Waals surface area contributed by atoms with E-state index in [9.17, 15) is 13.2 Å². The fourth-order valence-electron chi connectivity index (χ4n) is 1.95. The first-order valence-electron chi connectivity index (χ1n) is 6.23. The van der Waals surface area contributed by atoms with Gasteiger partial charge in [-0.25, -0.2) is 0 Å². The highest BCUT2D eigenvalue weighted by Gasteiger charge is 2.35. The SMILES string of the molecule is CCNC(C)c1nnnn1-c1ccc(Br)cc1C(F)(F)F. The average Bonchev–Trinajstić information content (AvgIpc) is 2.87. The van der Waals surface area contributed by atoms with E-state index in [-0.39, 0.29) is 11.7 Å². The van der Waals surface area contributed by atoms with Crippen molar-refractivity contribution >= 4 is 15.9 Å². The van der Waals surface area contributed by atoms with Gasteiger partial charge in [0, 0.05) is 4.47 Å². The van der Waals surface area contributed by atoms with Crippen molar-refractivity contribution in [1.29, 1.82) is 0 Å². The molecule has 0 amide bonds. The maximum atomic E-state index is 13.2. The molecule has 2 aromatic rings. The molecule has 0 aliphatic rings. The molecular formula is C12H13BrF3N5. The van der Waals surface area contributed by atoms with E-state index in [4.69, 9.17) is 0 Å². The largest absolute Gasteiger partial charge is 0.418 e. The van der Waals surface area contributed by atoms with E-state index in [2.05, 4.69) is 36.8 Å². The van der Waals surface area contributed by atoms with E-state index < -0.39 is 11.7 Å². The number of aromatic nitrogens is 4. The Morgan fingerprint density at radius 2 is 2.10 bits per heavy atom. The van der Waals surface area contributed by atoms with Crippen LogP contribution in [0.4, 0.5) is 13.2 Å². The Morgan fingerprint density at radius 3 is 2.71 bits per heavy atom. The summed E-state index contributed by atoms with van der Waals surface area (Å²) in [5.41, 5.74) is -0.899. The van der Waals surface area contributed by atoms with Crippen molar-refractivity contribution in [1.82, 2.24) is 25.5 Å². The maximum Gasteiger partial charge on any atom is 0.418 e. The molecular weight excluding hydrogens is 351 g/mol. The highest BCUT2D eigenvalue weighted by Crippen LogP contribution is 2.35. The summed E-state index contributed by atoms with van der Waals surface area (Å²) in [5, 5.41) is 14.1. The Balaban J connectivity index is 2.56. The van der Waals surface area contributed by atoms with Crippen molar-refractivity contribution < 1.29 is 13.2 Å². The summed E-state index contributed by atoms with van der Waals surface area (Å²) in [4.78, 5) is 0. The van der Waals surface area contributed by atoms with Gasteiger partial charge in [-0.05, 0) is 42.1 Å². The lowest BCUT2D eigenvalue weighted by molar-refractivity contribution is -0.137. The smallest absolute Gasteiger partial charge is 0.308 e.